The number of rotatable bonds is 5. The maximum atomic E-state index is 12.5. The first-order valence-electron chi connectivity index (χ1n) is 8.08. The van der Waals surface area contributed by atoms with E-state index in [-0.39, 0.29) is 29.0 Å². The highest BCUT2D eigenvalue weighted by Crippen LogP contribution is 2.34. The number of esters is 1. The van der Waals surface area contributed by atoms with Gasteiger partial charge in [-0.3, -0.25) is 0 Å². The van der Waals surface area contributed by atoms with Crippen LogP contribution in [-0.4, -0.2) is 21.3 Å². The number of aromatic nitrogens is 2. The summed E-state index contributed by atoms with van der Waals surface area (Å²) in [7, 11) is 0. The fraction of sp³-hybridized carbons (Fsp3) is 0.500. The summed E-state index contributed by atoms with van der Waals surface area (Å²) in [4.78, 5) is 12.5. The SMILES string of the molecule is Cc1nnc([C@@H](C)OC(=O)c2cc(C(C)C)cc(C(C)C)c2O)o1. The molecule has 2 rings (SSSR count). The van der Waals surface area contributed by atoms with Crippen LogP contribution in [-0.2, 0) is 4.74 Å². The summed E-state index contributed by atoms with van der Waals surface area (Å²) in [5.74, 6) is 0.301. The van der Waals surface area contributed by atoms with Gasteiger partial charge in [-0.05, 0) is 36.0 Å². The number of hydrogen-bond acceptors (Lipinski definition) is 6. The first kappa shape index (κ1) is 18.0. The summed E-state index contributed by atoms with van der Waals surface area (Å²) in [6.45, 7) is 11.3. The molecule has 1 atom stereocenters. The van der Waals surface area contributed by atoms with E-state index in [4.69, 9.17) is 9.15 Å². The van der Waals surface area contributed by atoms with Crippen molar-refractivity contribution in [3.8, 4) is 5.75 Å². The minimum atomic E-state index is -0.691. The second-order valence-electron chi connectivity index (χ2n) is 6.52. The molecule has 130 valence electrons. The number of phenols is 1. The minimum absolute atomic E-state index is 0.0340. The van der Waals surface area contributed by atoms with Gasteiger partial charge < -0.3 is 14.3 Å². The van der Waals surface area contributed by atoms with Gasteiger partial charge in [0.1, 0.15) is 11.3 Å². The number of carbonyl (C=O) groups is 1. The van der Waals surface area contributed by atoms with Gasteiger partial charge in [-0.25, -0.2) is 4.79 Å². The molecule has 0 aliphatic heterocycles. The fourth-order valence-electron chi connectivity index (χ4n) is 2.36. The van der Waals surface area contributed by atoms with Gasteiger partial charge in [-0.15, -0.1) is 10.2 Å². The number of nitrogens with zero attached hydrogens (tertiary/aromatic N) is 2. The molecule has 1 aromatic carbocycles. The Labute approximate surface area is 141 Å². The maximum absolute atomic E-state index is 12.5. The van der Waals surface area contributed by atoms with Crippen LogP contribution in [0.15, 0.2) is 16.5 Å². The van der Waals surface area contributed by atoms with E-state index in [0.717, 1.165) is 11.1 Å². The van der Waals surface area contributed by atoms with Crippen molar-refractivity contribution in [3.05, 3.63) is 40.6 Å². The lowest BCUT2D eigenvalue weighted by atomic mass is 9.92. The normalized spacial score (nSPS) is 12.7. The van der Waals surface area contributed by atoms with Crippen molar-refractivity contribution in [2.75, 3.05) is 0 Å². The molecule has 0 radical (unpaired) electrons. The van der Waals surface area contributed by atoms with E-state index in [2.05, 4.69) is 10.2 Å². The van der Waals surface area contributed by atoms with Gasteiger partial charge in [-0.1, -0.05) is 33.8 Å². The van der Waals surface area contributed by atoms with E-state index in [1.165, 1.54) is 0 Å². The third-order valence-corrected chi connectivity index (χ3v) is 3.84. The zero-order valence-electron chi connectivity index (χ0n) is 15.0. The summed E-state index contributed by atoms with van der Waals surface area (Å²) in [6, 6.07) is 3.62. The van der Waals surface area contributed by atoms with Crippen molar-refractivity contribution in [2.45, 2.75) is 59.5 Å². The van der Waals surface area contributed by atoms with Gasteiger partial charge in [0.2, 0.25) is 5.89 Å². The van der Waals surface area contributed by atoms with Crippen LogP contribution in [0, 0.1) is 6.92 Å². The molecule has 0 bridgehead atoms. The Morgan fingerprint density at radius 2 is 1.79 bits per heavy atom. The van der Waals surface area contributed by atoms with Gasteiger partial charge >= 0.3 is 5.97 Å². The second kappa shape index (κ2) is 7.03. The van der Waals surface area contributed by atoms with Crippen LogP contribution >= 0.6 is 0 Å². The zero-order valence-corrected chi connectivity index (χ0v) is 15.0. The third-order valence-electron chi connectivity index (χ3n) is 3.84. The molecule has 6 nitrogen and oxygen atoms in total. The average molecular weight is 332 g/mol. The Morgan fingerprint density at radius 3 is 2.29 bits per heavy atom. The highest BCUT2D eigenvalue weighted by Gasteiger charge is 2.24. The molecular formula is C18H24N2O4. The molecule has 1 aromatic heterocycles. The Bertz CT molecular complexity index is 735. The minimum Gasteiger partial charge on any atom is -0.507 e. The Hall–Kier alpha value is -2.37. The van der Waals surface area contributed by atoms with Gasteiger partial charge in [-0.2, -0.15) is 0 Å². The Balaban J connectivity index is 2.34. The van der Waals surface area contributed by atoms with Crippen LogP contribution in [0.2, 0.25) is 0 Å². The van der Waals surface area contributed by atoms with Crippen LogP contribution in [0.1, 0.15) is 85.8 Å². The molecule has 0 unspecified atom stereocenters. The van der Waals surface area contributed by atoms with Gasteiger partial charge in [0.25, 0.3) is 5.89 Å². The van der Waals surface area contributed by atoms with Gasteiger partial charge in [0, 0.05) is 6.92 Å². The first-order valence-corrected chi connectivity index (χ1v) is 8.08. The van der Waals surface area contributed by atoms with Crippen molar-refractivity contribution < 1.29 is 19.1 Å². The molecule has 0 aliphatic rings. The molecule has 6 heteroatoms. The molecule has 0 saturated carbocycles. The van der Waals surface area contributed by atoms with Crippen molar-refractivity contribution in [3.63, 3.8) is 0 Å². The Morgan fingerprint density at radius 1 is 1.12 bits per heavy atom. The van der Waals surface area contributed by atoms with Crippen molar-refractivity contribution in [2.24, 2.45) is 0 Å². The maximum Gasteiger partial charge on any atom is 0.342 e. The van der Waals surface area contributed by atoms with E-state index in [0.29, 0.717) is 5.89 Å². The van der Waals surface area contributed by atoms with Crippen LogP contribution < -0.4 is 0 Å². The van der Waals surface area contributed by atoms with Crippen molar-refractivity contribution in [1.82, 2.24) is 10.2 Å². The van der Waals surface area contributed by atoms with Gasteiger partial charge in [0.05, 0.1) is 0 Å². The van der Waals surface area contributed by atoms with E-state index in [9.17, 15) is 9.90 Å². The summed E-state index contributed by atoms with van der Waals surface area (Å²) < 4.78 is 10.7. The van der Waals surface area contributed by atoms with Gasteiger partial charge in [0.15, 0.2) is 6.10 Å². The van der Waals surface area contributed by atoms with Crippen molar-refractivity contribution in [1.29, 1.82) is 0 Å². The average Bonchev–Trinajstić information content (AvgIpc) is 2.93. The zero-order chi connectivity index (χ0) is 18.0. The molecule has 0 fully saturated rings. The molecule has 2 aromatic rings. The van der Waals surface area contributed by atoms with Crippen LogP contribution in [0.25, 0.3) is 0 Å². The third kappa shape index (κ3) is 3.75. The number of carbonyl (C=O) groups excluding carboxylic acids is 1. The molecule has 0 saturated heterocycles. The predicted molar refractivity (Wildman–Crippen MR) is 89.2 cm³/mol. The second-order valence-corrected chi connectivity index (χ2v) is 6.52. The van der Waals surface area contributed by atoms with E-state index < -0.39 is 12.1 Å². The fourth-order valence-corrected chi connectivity index (χ4v) is 2.36. The van der Waals surface area contributed by atoms with E-state index in [1.54, 1.807) is 19.9 Å². The van der Waals surface area contributed by atoms with E-state index >= 15 is 0 Å². The predicted octanol–water partition coefficient (Wildman–Crippen LogP) is 4.25. The molecule has 1 heterocycles. The first-order chi connectivity index (χ1) is 11.2. The lowest BCUT2D eigenvalue weighted by Gasteiger charge is -2.17. The summed E-state index contributed by atoms with van der Waals surface area (Å²) in [5, 5.41) is 18.0. The largest absolute Gasteiger partial charge is 0.507 e. The molecule has 1 N–H and O–H groups in total. The number of aromatic hydroxyl groups is 1. The summed E-state index contributed by atoms with van der Waals surface area (Å²) >= 11 is 0. The number of aryl methyl sites for hydroxylation is 1. The number of benzene rings is 1. The quantitative estimate of drug-likeness (QED) is 0.824. The topological polar surface area (TPSA) is 85.5 Å². The highest BCUT2D eigenvalue weighted by molar-refractivity contribution is 5.93. The monoisotopic (exact) mass is 332 g/mol. The van der Waals surface area contributed by atoms with E-state index in [1.807, 2.05) is 33.8 Å². The highest BCUT2D eigenvalue weighted by atomic mass is 16.6. The lowest BCUT2D eigenvalue weighted by molar-refractivity contribution is 0.0273. The molecule has 24 heavy (non-hydrogen) atoms. The Kier molecular flexibility index (Phi) is 5.26. The molecular weight excluding hydrogens is 308 g/mol. The number of phenolic OH excluding ortho intramolecular Hbond substituents is 1. The summed E-state index contributed by atoms with van der Waals surface area (Å²) in [5.41, 5.74) is 1.87. The van der Waals surface area contributed by atoms with Crippen LogP contribution in [0.5, 0.6) is 5.75 Å². The molecule has 0 spiro atoms. The van der Waals surface area contributed by atoms with Crippen LogP contribution in [0.4, 0.5) is 0 Å². The van der Waals surface area contributed by atoms with Crippen molar-refractivity contribution >= 4 is 5.97 Å². The molecule has 0 amide bonds. The number of hydrogen-bond donors (Lipinski definition) is 1. The summed E-state index contributed by atoms with van der Waals surface area (Å²) in [6.07, 6.45) is -0.691. The standard InChI is InChI=1S/C18H24N2O4/c1-9(2)13-7-14(10(3)4)16(21)15(8-13)18(22)23-11(5)17-20-19-12(6)24-17/h7-11,21H,1-6H3/t11-/m1/s1. The number of ether oxygens (including phenoxy) is 1. The van der Waals surface area contributed by atoms with Crippen LogP contribution in [0.3, 0.4) is 0 Å². The molecule has 0 aliphatic carbocycles. The smallest absolute Gasteiger partial charge is 0.342 e. The lowest BCUT2D eigenvalue weighted by Crippen LogP contribution is -2.11.